The third-order valence-corrected chi connectivity index (χ3v) is 8.29. The van der Waals surface area contributed by atoms with E-state index < -0.39 is 26.8 Å². The molecular weight excluding hydrogens is 590 g/mol. The van der Waals surface area contributed by atoms with E-state index in [0.29, 0.717) is 50.4 Å². The van der Waals surface area contributed by atoms with E-state index in [0.717, 1.165) is 12.3 Å². The second kappa shape index (κ2) is 10.9. The summed E-state index contributed by atoms with van der Waals surface area (Å²) < 4.78 is 54.0. The fourth-order valence-electron chi connectivity index (χ4n) is 4.80. The maximum absolute atomic E-state index is 15.3. The van der Waals surface area contributed by atoms with Crippen molar-refractivity contribution >= 4 is 43.4 Å². The zero-order valence-corrected chi connectivity index (χ0v) is 24.5. The molecule has 0 bridgehead atoms. The van der Waals surface area contributed by atoms with Gasteiger partial charge in [-0.3, -0.25) is 19.9 Å². The first kappa shape index (κ1) is 29.0. The van der Waals surface area contributed by atoms with E-state index in [2.05, 4.69) is 30.5 Å². The standard InChI is InChI=1S/C30H26F2N8O3S/c1-14(2)30(41)36-19-9-17(12-34-13-19)20-10-21-24(11-22(20)32)39-40-26(21)29-37-23-4-5-35-25(27(23)38-29)15-6-16(8-18(31)7-15)28(33)44(3,42)43/h4-14,28H,33H2,1-3H3,(H,36,41)(H,37,38)(H,39,40). The number of pyridine rings is 2. The number of anilines is 1. The Balaban J connectivity index is 1.43. The Morgan fingerprint density at radius 1 is 1.00 bits per heavy atom. The van der Waals surface area contributed by atoms with Crippen molar-refractivity contribution in [3.8, 4) is 33.9 Å². The molecule has 11 nitrogen and oxygen atoms in total. The van der Waals surface area contributed by atoms with E-state index in [1.165, 1.54) is 36.8 Å². The molecule has 0 aliphatic heterocycles. The number of fused-ring (bicyclic) bond motifs is 2. The highest BCUT2D eigenvalue weighted by Gasteiger charge is 2.22. The number of aromatic nitrogens is 6. The Morgan fingerprint density at radius 2 is 1.80 bits per heavy atom. The van der Waals surface area contributed by atoms with E-state index in [1.54, 1.807) is 32.0 Å². The highest BCUT2D eigenvalue weighted by atomic mass is 32.2. The zero-order chi connectivity index (χ0) is 31.3. The monoisotopic (exact) mass is 616 g/mol. The molecule has 1 amide bonds. The first-order valence-electron chi connectivity index (χ1n) is 13.4. The number of carbonyl (C=O) groups excluding carboxylic acids is 1. The predicted octanol–water partition coefficient (Wildman–Crippen LogP) is 5.10. The van der Waals surface area contributed by atoms with Crippen molar-refractivity contribution in [2.45, 2.75) is 19.2 Å². The molecule has 0 spiro atoms. The molecule has 0 saturated heterocycles. The Hall–Kier alpha value is -5.08. The Bertz CT molecular complexity index is 2190. The Morgan fingerprint density at radius 3 is 2.55 bits per heavy atom. The van der Waals surface area contributed by atoms with Crippen molar-refractivity contribution in [3.63, 3.8) is 0 Å². The van der Waals surface area contributed by atoms with Gasteiger partial charge in [0.15, 0.2) is 15.7 Å². The molecule has 0 aliphatic carbocycles. The number of hydrogen-bond donors (Lipinski definition) is 4. The second-order valence-electron chi connectivity index (χ2n) is 10.7. The highest BCUT2D eigenvalue weighted by Crippen LogP contribution is 2.35. The Labute approximate surface area is 249 Å². The number of rotatable bonds is 7. The topological polar surface area (TPSA) is 172 Å². The van der Waals surface area contributed by atoms with Crippen LogP contribution in [0.2, 0.25) is 0 Å². The van der Waals surface area contributed by atoms with Crippen LogP contribution in [0.3, 0.4) is 0 Å². The summed E-state index contributed by atoms with van der Waals surface area (Å²) in [5.41, 5.74) is 9.39. The molecule has 0 aliphatic rings. The van der Waals surface area contributed by atoms with Crippen LogP contribution in [0.1, 0.15) is 24.8 Å². The summed E-state index contributed by atoms with van der Waals surface area (Å²) in [5, 5.41) is 9.11. The van der Waals surface area contributed by atoms with Crippen LogP contribution >= 0.6 is 0 Å². The number of H-pyrrole nitrogens is 2. The first-order valence-corrected chi connectivity index (χ1v) is 15.4. The van der Waals surface area contributed by atoms with Crippen LogP contribution in [0.15, 0.2) is 61.1 Å². The molecule has 0 saturated carbocycles. The second-order valence-corrected chi connectivity index (χ2v) is 12.9. The maximum atomic E-state index is 15.3. The number of carbonyl (C=O) groups is 1. The van der Waals surface area contributed by atoms with Gasteiger partial charge < -0.3 is 16.0 Å². The van der Waals surface area contributed by atoms with E-state index in [-0.39, 0.29) is 28.5 Å². The van der Waals surface area contributed by atoms with Gasteiger partial charge in [0.05, 0.1) is 28.6 Å². The summed E-state index contributed by atoms with van der Waals surface area (Å²) in [5.74, 6) is -1.30. The molecule has 224 valence electrons. The van der Waals surface area contributed by atoms with E-state index >= 15 is 4.39 Å². The molecule has 1 atom stereocenters. The summed E-state index contributed by atoms with van der Waals surface area (Å²) in [6, 6.07) is 10.0. The van der Waals surface area contributed by atoms with Gasteiger partial charge in [0.2, 0.25) is 5.91 Å². The molecule has 0 radical (unpaired) electrons. The lowest BCUT2D eigenvalue weighted by atomic mass is 10.0. The van der Waals surface area contributed by atoms with Gasteiger partial charge in [-0.1, -0.05) is 13.8 Å². The quantitative estimate of drug-likeness (QED) is 0.192. The summed E-state index contributed by atoms with van der Waals surface area (Å²) in [6.45, 7) is 3.53. The number of amides is 1. The lowest BCUT2D eigenvalue weighted by Gasteiger charge is -2.12. The smallest absolute Gasteiger partial charge is 0.226 e. The average molecular weight is 617 g/mol. The number of hydrogen-bond acceptors (Lipinski definition) is 8. The first-order chi connectivity index (χ1) is 20.9. The van der Waals surface area contributed by atoms with Crippen LogP contribution in [0.5, 0.6) is 0 Å². The predicted molar refractivity (Wildman–Crippen MR) is 163 cm³/mol. The largest absolute Gasteiger partial charge is 0.336 e. The summed E-state index contributed by atoms with van der Waals surface area (Å²) in [7, 11) is -3.69. The van der Waals surface area contributed by atoms with Crippen molar-refractivity contribution in [2.75, 3.05) is 11.6 Å². The number of aromatic amines is 2. The minimum Gasteiger partial charge on any atom is -0.336 e. The van der Waals surface area contributed by atoms with Gasteiger partial charge in [-0.05, 0) is 42.0 Å². The van der Waals surface area contributed by atoms with Crippen LogP contribution in [-0.2, 0) is 14.6 Å². The number of nitrogens with two attached hydrogens (primary N) is 1. The van der Waals surface area contributed by atoms with Crippen LogP contribution < -0.4 is 11.1 Å². The van der Waals surface area contributed by atoms with Crippen molar-refractivity contribution in [3.05, 3.63) is 78.3 Å². The molecule has 44 heavy (non-hydrogen) atoms. The van der Waals surface area contributed by atoms with Gasteiger partial charge in [0, 0.05) is 52.7 Å². The van der Waals surface area contributed by atoms with Crippen molar-refractivity contribution in [1.82, 2.24) is 30.1 Å². The van der Waals surface area contributed by atoms with Gasteiger partial charge in [-0.15, -0.1) is 0 Å². The van der Waals surface area contributed by atoms with E-state index in [1.807, 2.05) is 0 Å². The van der Waals surface area contributed by atoms with Gasteiger partial charge in [0.25, 0.3) is 0 Å². The normalized spacial score (nSPS) is 12.7. The fourth-order valence-corrected chi connectivity index (χ4v) is 5.43. The number of halogens is 2. The number of nitrogens with zero attached hydrogens (tertiary/aromatic N) is 4. The molecule has 1 unspecified atom stereocenters. The molecule has 4 aromatic heterocycles. The molecule has 6 aromatic rings. The van der Waals surface area contributed by atoms with Gasteiger partial charge in [0.1, 0.15) is 28.2 Å². The van der Waals surface area contributed by atoms with Crippen molar-refractivity contribution in [1.29, 1.82) is 0 Å². The molecule has 4 heterocycles. The summed E-state index contributed by atoms with van der Waals surface area (Å²) >= 11 is 0. The van der Waals surface area contributed by atoms with Gasteiger partial charge in [-0.2, -0.15) is 5.10 Å². The maximum Gasteiger partial charge on any atom is 0.226 e. The van der Waals surface area contributed by atoms with Crippen molar-refractivity contribution in [2.24, 2.45) is 11.7 Å². The lowest BCUT2D eigenvalue weighted by molar-refractivity contribution is -0.118. The number of benzene rings is 2. The molecule has 14 heteroatoms. The van der Waals surface area contributed by atoms with Crippen LogP contribution in [0.4, 0.5) is 14.5 Å². The fraction of sp³-hybridized carbons (Fsp3) is 0.167. The third-order valence-electron chi connectivity index (χ3n) is 7.10. The van der Waals surface area contributed by atoms with Gasteiger partial charge in [-0.25, -0.2) is 22.2 Å². The lowest BCUT2D eigenvalue weighted by Crippen LogP contribution is -2.20. The van der Waals surface area contributed by atoms with Crippen LogP contribution in [-0.4, -0.2) is 50.7 Å². The van der Waals surface area contributed by atoms with Crippen LogP contribution in [0, 0.1) is 17.6 Å². The highest BCUT2D eigenvalue weighted by molar-refractivity contribution is 7.90. The van der Waals surface area contributed by atoms with Crippen LogP contribution in [0.25, 0.3) is 55.8 Å². The number of imidazole rings is 1. The molecular formula is C30H26F2N8O3S. The SMILES string of the molecule is CC(C)C(=O)Nc1cncc(-c2cc3c(-c4nc5c(-c6cc(F)cc(C(N)S(C)(=O)=O)c6)nccc5[nH]4)n[nH]c3cc2F)c1. The van der Waals surface area contributed by atoms with E-state index in [4.69, 9.17) is 10.7 Å². The Kier molecular flexibility index (Phi) is 7.18. The molecule has 5 N–H and O–H groups in total. The number of sulfone groups is 1. The average Bonchev–Trinajstić information content (AvgIpc) is 3.59. The third kappa shape index (κ3) is 5.40. The number of nitrogens with one attached hydrogen (secondary N) is 3. The summed E-state index contributed by atoms with van der Waals surface area (Å²) in [4.78, 5) is 28.6. The minimum absolute atomic E-state index is 0.0762. The molecule has 0 fully saturated rings. The molecule has 6 rings (SSSR count). The van der Waals surface area contributed by atoms with Gasteiger partial charge >= 0.3 is 0 Å². The molecule has 2 aromatic carbocycles. The minimum atomic E-state index is -3.69. The summed E-state index contributed by atoms with van der Waals surface area (Å²) in [6.07, 6.45) is 5.47. The van der Waals surface area contributed by atoms with Crippen molar-refractivity contribution < 1.29 is 22.0 Å². The zero-order valence-electron chi connectivity index (χ0n) is 23.7. The van der Waals surface area contributed by atoms with E-state index in [9.17, 15) is 17.6 Å².